The van der Waals surface area contributed by atoms with Gasteiger partial charge in [0.1, 0.15) is 0 Å². The Morgan fingerprint density at radius 1 is 1.39 bits per heavy atom. The summed E-state index contributed by atoms with van der Waals surface area (Å²) in [5.74, 6) is 0. The minimum atomic E-state index is 0.422. The molecule has 0 aromatic carbocycles. The number of hydrogen-bond donors (Lipinski definition) is 1. The van der Waals surface area contributed by atoms with Gasteiger partial charge in [0.15, 0.2) is 0 Å². The molecule has 0 aliphatic rings. The van der Waals surface area contributed by atoms with Crippen LogP contribution in [0, 0.1) is 0 Å². The van der Waals surface area contributed by atoms with E-state index in [1.165, 1.54) is 4.88 Å². The summed E-state index contributed by atoms with van der Waals surface area (Å²) in [5, 5.41) is 5.63. The van der Waals surface area contributed by atoms with E-state index in [1.807, 2.05) is 11.3 Å². The SMILES string of the molecule is COCC(C)NCCN(Cc1cccs1)C(C)C. The van der Waals surface area contributed by atoms with Gasteiger partial charge in [-0.1, -0.05) is 6.07 Å². The van der Waals surface area contributed by atoms with Crippen molar-refractivity contribution in [3.63, 3.8) is 0 Å². The molecule has 0 aliphatic heterocycles. The maximum atomic E-state index is 5.12. The van der Waals surface area contributed by atoms with E-state index in [0.717, 1.165) is 26.2 Å². The van der Waals surface area contributed by atoms with Gasteiger partial charge >= 0.3 is 0 Å². The van der Waals surface area contributed by atoms with Crippen molar-refractivity contribution in [3.05, 3.63) is 22.4 Å². The van der Waals surface area contributed by atoms with Crippen molar-refractivity contribution in [2.24, 2.45) is 0 Å². The van der Waals surface area contributed by atoms with Gasteiger partial charge in [0.05, 0.1) is 6.61 Å². The zero-order valence-electron chi connectivity index (χ0n) is 12.0. The van der Waals surface area contributed by atoms with Gasteiger partial charge in [-0.2, -0.15) is 0 Å². The van der Waals surface area contributed by atoms with Crippen molar-refractivity contribution in [1.82, 2.24) is 10.2 Å². The Bertz CT molecular complexity index is 301. The lowest BCUT2D eigenvalue weighted by Gasteiger charge is -2.26. The number of nitrogens with zero attached hydrogens (tertiary/aromatic N) is 1. The van der Waals surface area contributed by atoms with Crippen LogP contribution >= 0.6 is 11.3 Å². The first-order valence-electron chi connectivity index (χ1n) is 6.62. The molecule has 104 valence electrons. The molecule has 1 aromatic rings. The molecule has 0 aliphatic carbocycles. The molecular formula is C14H26N2OS. The predicted molar refractivity (Wildman–Crippen MR) is 79.2 cm³/mol. The highest BCUT2D eigenvalue weighted by Gasteiger charge is 2.10. The van der Waals surface area contributed by atoms with Crippen LogP contribution in [0.2, 0.25) is 0 Å². The smallest absolute Gasteiger partial charge is 0.0613 e. The summed E-state index contributed by atoms with van der Waals surface area (Å²) >= 11 is 1.83. The maximum Gasteiger partial charge on any atom is 0.0613 e. The van der Waals surface area contributed by atoms with E-state index >= 15 is 0 Å². The Balaban J connectivity index is 2.30. The summed E-state index contributed by atoms with van der Waals surface area (Å²) in [6.45, 7) is 10.6. The second-order valence-corrected chi connectivity index (χ2v) is 5.99. The second kappa shape index (κ2) is 8.64. The van der Waals surface area contributed by atoms with Crippen molar-refractivity contribution in [2.45, 2.75) is 39.4 Å². The summed E-state index contributed by atoms with van der Waals surface area (Å²) in [6, 6.07) is 5.33. The van der Waals surface area contributed by atoms with E-state index < -0.39 is 0 Å². The van der Waals surface area contributed by atoms with Gasteiger partial charge in [-0.05, 0) is 32.2 Å². The zero-order valence-corrected chi connectivity index (χ0v) is 12.8. The van der Waals surface area contributed by atoms with Crippen LogP contribution in [0.25, 0.3) is 0 Å². The maximum absolute atomic E-state index is 5.12. The van der Waals surface area contributed by atoms with Crippen LogP contribution in [0.1, 0.15) is 25.6 Å². The minimum Gasteiger partial charge on any atom is -0.383 e. The van der Waals surface area contributed by atoms with Crippen LogP contribution in [0.4, 0.5) is 0 Å². The molecule has 0 saturated heterocycles. The molecule has 18 heavy (non-hydrogen) atoms. The van der Waals surface area contributed by atoms with E-state index in [-0.39, 0.29) is 0 Å². The molecule has 1 N–H and O–H groups in total. The van der Waals surface area contributed by atoms with Gasteiger partial charge < -0.3 is 10.1 Å². The van der Waals surface area contributed by atoms with Gasteiger partial charge in [0, 0.05) is 43.7 Å². The fourth-order valence-corrected chi connectivity index (χ4v) is 2.62. The standard InChI is InChI=1S/C14H26N2OS/c1-12(2)16(10-14-6-5-9-18-14)8-7-15-13(3)11-17-4/h5-6,9,12-13,15H,7-8,10-11H2,1-4H3. The topological polar surface area (TPSA) is 24.5 Å². The summed E-state index contributed by atoms with van der Waals surface area (Å²) in [5.41, 5.74) is 0. The van der Waals surface area contributed by atoms with Gasteiger partial charge in [0.2, 0.25) is 0 Å². The van der Waals surface area contributed by atoms with Crippen molar-refractivity contribution in [3.8, 4) is 0 Å². The van der Waals surface area contributed by atoms with Gasteiger partial charge in [-0.25, -0.2) is 0 Å². The molecule has 0 saturated carbocycles. The van der Waals surface area contributed by atoms with Crippen molar-refractivity contribution < 1.29 is 4.74 Å². The molecule has 0 radical (unpaired) electrons. The number of methoxy groups -OCH3 is 1. The van der Waals surface area contributed by atoms with Crippen LogP contribution < -0.4 is 5.32 Å². The highest BCUT2D eigenvalue weighted by molar-refractivity contribution is 7.09. The van der Waals surface area contributed by atoms with E-state index in [1.54, 1.807) is 7.11 Å². The van der Waals surface area contributed by atoms with E-state index in [9.17, 15) is 0 Å². The molecule has 1 atom stereocenters. The van der Waals surface area contributed by atoms with Crippen LogP contribution in [0.3, 0.4) is 0 Å². The van der Waals surface area contributed by atoms with Crippen LogP contribution in [-0.2, 0) is 11.3 Å². The molecule has 0 amide bonds. The Kier molecular flexibility index (Phi) is 7.51. The highest BCUT2D eigenvalue weighted by Crippen LogP contribution is 2.13. The van der Waals surface area contributed by atoms with Crippen molar-refractivity contribution in [2.75, 3.05) is 26.8 Å². The number of nitrogens with one attached hydrogen (secondary N) is 1. The molecule has 1 aromatic heterocycles. The first kappa shape index (κ1) is 15.6. The number of rotatable bonds is 9. The van der Waals surface area contributed by atoms with Crippen LogP contribution in [0.5, 0.6) is 0 Å². The lowest BCUT2D eigenvalue weighted by atomic mass is 10.3. The third-order valence-electron chi connectivity index (χ3n) is 2.98. The largest absolute Gasteiger partial charge is 0.383 e. The summed E-state index contributed by atoms with van der Waals surface area (Å²) in [6.07, 6.45) is 0. The predicted octanol–water partition coefficient (Wildman–Crippen LogP) is 2.58. The lowest BCUT2D eigenvalue weighted by molar-refractivity contribution is 0.164. The zero-order chi connectivity index (χ0) is 13.4. The molecule has 0 bridgehead atoms. The van der Waals surface area contributed by atoms with E-state index in [0.29, 0.717) is 12.1 Å². The Labute approximate surface area is 115 Å². The average molecular weight is 270 g/mol. The molecular weight excluding hydrogens is 244 g/mol. The fraction of sp³-hybridized carbons (Fsp3) is 0.714. The van der Waals surface area contributed by atoms with Crippen LogP contribution in [0.15, 0.2) is 17.5 Å². The van der Waals surface area contributed by atoms with Gasteiger partial charge in [-0.3, -0.25) is 4.90 Å². The first-order chi connectivity index (χ1) is 8.63. The first-order valence-corrected chi connectivity index (χ1v) is 7.50. The quantitative estimate of drug-likeness (QED) is 0.746. The molecule has 3 nitrogen and oxygen atoms in total. The molecule has 1 unspecified atom stereocenters. The molecule has 1 rings (SSSR count). The highest BCUT2D eigenvalue weighted by atomic mass is 32.1. The van der Waals surface area contributed by atoms with Crippen LogP contribution in [-0.4, -0.2) is 43.8 Å². The normalized spacial score (nSPS) is 13.4. The summed E-state index contributed by atoms with van der Waals surface area (Å²) in [4.78, 5) is 3.94. The molecule has 4 heteroatoms. The molecule has 0 fully saturated rings. The Hall–Kier alpha value is -0.420. The third kappa shape index (κ3) is 5.96. The lowest BCUT2D eigenvalue weighted by Crippen LogP contribution is -2.40. The molecule has 0 spiro atoms. The van der Waals surface area contributed by atoms with Gasteiger partial charge in [-0.15, -0.1) is 11.3 Å². The third-order valence-corrected chi connectivity index (χ3v) is 3.84. The Morgan fingerprint density at radius 3 is 2.72 bits per heavy atom. The minimum absolute atomic E-state index is 0.422. The number of hydrogen-bond acceptors (Lipinski definition) is 4. The van der Waals surface area contributed by atoms with Crippen molar-refractivity contribution in [1.29, 1.82) is 0 Å². The Morgan fingerprint density at radius 2 is 2.17 bits per heavy atom. The summed E-state index contributed by atoms with van der Waals surface area (Å²) < 4.78 is 5.12. The van der Waals surface area contributed by atoms with E-state index in [4.69, 9.17) is 4.74 Å². The molecule has 1 heterocycles. The number of ether oxygens (including phenoxy) is 1. The fourth-order valence-electron chi connectivity index (χ4n) is 1.89. The number of thiophene rings is 1. The second-order valence-electron chi connectivity index (χ2n) is 4.95. The van der Waals surface area contributed by atoms with Crippen molar-refractivity contribution >= 4 is 11.3 Å². The summed E-state index contributed by atoms with van der Waals surface area (Å²) in [7, 11) is 1.75. The monoisotopic (exact) mass is 270 g/mol. The van der Waals surface area contributed by atoms with Gasteiger partial charge in [0.25, 0.3) is 0 Å². The van der Waals surface area contributed by atoms with E-state index in [2.05, 4.69) is 48.5 Å². The average Bonchev–Trinajstić information content (AvgIpc) is 2.80.